The average molecular weight is 294 g/mol. The lowest BCUT2D eigenvalue weighted by Crippen LogP contribution is -2.39. The van der Waals surface area contributed by atoms with Gasteiger partial charge in [0.1, 0.15) is 11.4 Å². The molecule has 7 nitrogen and oxygen atoms in total. The van der Waals surface area contributed by atoms with Gasteiger partial charge in [-0.15, -0.1) is 0 Å². The molecule has 0 unspecified atom stereocenters. The summed E-state index contributed by atoms with van der Waals surface area (Å²) in [5, 5.41) is 9.63. The summed E-state index contributed by atoms with van der Waals surface area (Å²) >= 11 is 0. The Morgan fingerprint density at radius 2 is 2.10 bits per heavy atom. The van der Waals surface area contributed by atoms with Gasteiger partial charge in [-0.3, -0.25) is 10.00 Å². The molecular formula is C14H22N4O3. The maximum atomic E-state index is 12.0. The van der Waals surface area contributed by atoms with Gasteiger partial charge in [-0.2, -0.15) is 5.10 Å². The molecular weight excluding hydrogens is 272 g/mol. The van der Waals surface area contributed by atoms with Gasteiger partial charge >= 0.3 is 12.0 Å². The third-order valence-electron chi connectivity index (χ3n) is 3.61. The molecule has 1 fully saturated rings. The molecule has 0 aromatic carbocycles. The zero-order valence-corrected chi connectivity index (χ0v) is 12.5. The molecule has 0 radical (unpaired) electrons. The minimum absolute atomic E-state index is 0.207. The average Bonchev–Trinajstić information content (AvgIpc) is 2.81. The van der Waals surface area contributed by atoms with Crippen molar-refractivity contribution >= 4 is 17.8 Å². The van der Waals surface area contributed by atoms with Crippen molar-refractivity contribution in [3.63, 3.8) is 0 Å². The van der Waals surface area contributed by atoms with E-state index in [1.807, 2.05) is 0 Å². The molecule has 1 aromatic rings. The van der Waals surface area contributed by atoms with Crippen LogP contribution < -0.4 is 10.6 Å². The summed E-state index contributed by atoms with van der Waals surface area (Å²) in [4.78, 5) is 23.9. The molecule has 0 saturated heterocycles. The molecule has 0 spiro atoms. The Labute approximate surface area is 124 Å². The second-order valence-electron chi connectivity index (χ2n) is 5.18. The molecule has 0 aliphatic heterocycles. The Hall–Kier alpha value is -2.05. The van der Waals surface area contributed by atoms with Gasteiger partial charge in [0.2, 0.25) is 0 Å². The van der Waals surface area contributed by atoms with E-state index < -0.39 is 5.97 Å². The van der Waals surface area contributed by atoms with Crippen molar-refractivity contribution in [1.29, 1.82) is 0 Å². The molecule has 2 N–H and O–H groups in total. The summed E-state index contributed by atoms with van der Waals surface area (Å²) in [6.45, 7) is 2.01. The predicted molar refractivity (Wildman–Crippen MR) is 78.2 cm³/mol. The number of nitrogens with one attached hydrogen (secondary N) is 2. The molecule has 7 heteroatoms. The summed E-state index contributed by atoms with van der Waals surface area (Å²) in [6, 6.07) is -0.103. The van der Waals surface area contributed by atoms with E-state index >= 15 is 0 Å². The number of aromatic nitrogens is 2. The monoisotopic (exact) mass is 294 g/mol. The second-order valence-corrected chi connectivity index (χ2v) is 5.18. The molecule has 2 amide bonds. The van der Waals surface area contributed by atoms with Crippen molar-refractivity contribution in [2.75, 3.05) is 11.9 Å². The molecule has 1 aliphatic rings. The van der Waals surface area contributed by atoms with Crippen LogP contribution in [-0.2, 0) is 11.8 Å². The maximum absolute atomic E-state index is 12.0. The van der Waals surface area contributed by atoms with Gasteiger partial charge < -0.3 is 10.1 Å². The van der Waals surface area contributed by atoms with Gasteiger partial charge in [0.05, 0.1) is 12.8 Å². The van der Waals surface area contributed by atoms with Crippen LogP contribution in [0.1, 0.15) is 49.4 Å². The van der Waals surface area contributed by atoms with Crippen molar-refractivity contribution in [2.24, 2.45) is 7.05 Å². The summed E-state index contributed by atoms with van der Waals surface area (Å²) in [5.74, 6) is -0.139. The number of urea groups is 1. The largest absolute Gasteiger partial charge is 0.462 e. The molecule has 0 bridgehead atoms. The fourth-order valence-electron chi connectivity index (χ4n) is 2.52. The molecule has 1 saturated carbocycles. The van der Waals surface area contributed by atoms with Gasteiger partial charge in [-0.25, -0.2) is 9.59 Å². The van der Waals surface area contributed by atoms with E-state index in [1.165, 1.54) is 17.3 Å². The highest BCUT2D eigenvalue weighted by Gasteiger charge is 2.21. The van der Waals surface area contributed by atoms with Gasteiger partial charge in [-0.05, 0) is 19.8 Å². The number of hydrogen-bond acceptors (Lipinski definition) is 4. The lowest BCUT2D eigenvalue weighted by molar-refractivity contribution is 0.0527. The van der Waals surface area contributed by atoms with Gasteiger partial charge in [0.25, 0.3) is 0 Å². The molecule has 116 valence electrons. The van der Waals surface area contributed by atoms with Gasteiger partial charge in [0, 0.05) is 13.1 Å². The number of anilines is 1. The SMILES string of the molecule is CCOC(=O)c1cnn(C)c1NC(=O)NC1CCCCC1. The van der Waals surface area contributed by atoms with E-state index in [2.05, 4.69) is 15.7 Å². The number of ether oxygens (including phenoxy) is 1. The van der Waals surface area contributed by atoms with Crippen LogP contribution in [0.15, 0.2) is 6.20 Å². The predicted octanol–water partition coefficient (Wildman–Crippen LogP) is 2.05. The normalized spacial score (nSPS) is 15.5. The van der Waals surface area contributed by atoms with E-state index in [0.717, 1.165) is 25.7 Å². The highest BCUT2D eigenvalue weighted by molar-refractivity contribution is 5.99. The lowest BCUT2D eigenvalue weighted by atomic mass is 9.96. The highest BCUT2D eigenvalue weighted by atomic mass is 16.5. The number of carbonyl (C=O) groups excluding carboxylic acids is 2. The van der Waals surface area contributed by atoms with E-state index in [1.54, 1.807) is 14.0 Å². The van der Waals surface area contributed by atoms with Crippen LogP contribution in [0.4, 0.5) is 10.6 Å². The van der Waals surface area contributed by atoms with Crippen LogP contribution >= 0.6 is 0 Å². The van der Waals surface area contributed by atoms with Crippen LogP contribution in [-0.4, -0.2) is 34.4 Å². The summed E-state index contributed by atoms with van der Waals surface area (Å²) in [5.41, 5.74) is 0.262. The minimum atomic E-state index is -0.487. The van der Waals surface area contributed by atoms with Crippen LogP contribution in [0.3, 0.4) is 0 Å². The first-order valence-corrected chi connectivity index (χ1v) is 7.38. The quantitative estimate of drug-likeness (QED) is 0.832. The first-order chi connectivity index (χ1) is 10.1. The second kappa shape index (κ2) is 7.10. The summed E-state index contributed by atoms with van der Waals surface area (Å²) < 4.78 is 6.40. The maximum Gasteiger partial charge on any atom is 0.343 e. The van der Waals surface area contributed by atoms with E-state index in [4.69, 9.17) is 4.74 Å². The van der Waals surface area contributed by atoms with Crippen molar-refractivity contribution in [3.05, 3.63) is 11.8 Å². The first kappa shape index (κ1) is 15.3. The zero-order chi connectivity index (χ0) is 15.2. The number of hydrogen-bond donors (Lipinski definition) is 2. The van der Waals surface area contributed by atoms with Crippen molar-refractivity contribution in [3.8, 4) is 0 Å². The number of esters is 1. The fourth-order valence-corrected chi connectivity index (χ4v) is 2.52. The standard InChI is InChI=1S/C14H22N4O3/c1-3-21-13(19)11-9-15-18(2)12(11)17-14(20)16-10-7-5-4-6-8-10/h9-10H,3-8H2,1-2H3,(H2,16,17,20). The van der Waals surface area contributed by atoms with Gasteiger partial charge in [-0.1, -0.05) is 19.3 Å². The van der Waals surface area contributed by atoms with E-state index in [-0.39, 0.29) is 24.2 Å². The van der Waals surface area contributed by atoms with E-state index in [0.29, 0.717) is 5.82 Å². The van der Waals surface area contributed by atoms with Crippen molar-refractivity contribution < 1.29 is 14.3 Å². The molecule has 1 heterocycles. The van der Waals surface area contributed by atoms with Crippen LogP contribution in [0.5, 0.6) is 0 Å². The number of rotatable bonds is 4. The summed E-state index contributed by atoms with van der Waals surface area (Å²) in [7, 11) is 1.67. The van der Waals surface area contributed by atoms with Crippen LogP contribution in [0.2, 0.25) is 0 Å². The number of aryl methyl sites for hydroxylation is 1. The minimum Gasteiger partial charge on any atom is -0.462 e. The molecule has 1 aliphatic carbocycles. The number of amides is 2. The molecule has 2 rings (SSSR count). The van der Waals surface area contributed by atoms with E-state index in [9.17, 15) is 9.59 Å². The highest BCUT2D eigenvalue weighted by Crippen LogP contribution is 2.18. The molecule has 1 aromatic heterocycles. The van der Waals surface area contributed by atoms with Crippen LogP contribution in [0.25, 0.3) is 0 Å². The number of carbonyl (C=O) groups is 2. The van der Waals surface area contributed by atoms with Crippen molar-refractivity contribution in [2.45, 2.75) is 45.1 Å². The molecule has 21 heavy (non-hydrogen) atoms. The smallest absolute Gasteiger partial charge is 0.343 e. The topological polar surface area (TPSA) is 85.2 Å². The Kier molecular flexibility index (Phi) is 5.19. The van der Waals surface area contributed by atoms with Gasteiger partial charge in [0.15, 0.2) is 0 Å². The lowest BCUT2D eigenvalue weighted by Gasteiger charge is -2.22. The fraction of sp³-hybridized carbons (Fsp3) is 0.643. The Morgan fingerprint density at radius 1 is 1.38 bits per heavy atom. The Balaban J connectivity index is 1.99. The zero-order valence-electron chi connectivity index (χ0n) is 12.5. The third kappa shape index (κ3) is 3.96. The van der Waals surface area contributed by atoms with Crippen molar-refractivity contribution in [1.82, 2.24) is 15.1 Å². The third-order valence-corrected chi connectivity index (χ3v) is 3.61. The number of nitrogens with zero attached hydrogens (tertiary/aromatic N) is 2. The van der Waals surface area contributed by atoms with Crippen LogP contribution in [0, 0.1) is 0 Å². The Bertz CT molecular complexity index is 506. The summed E-state index contributed by atoms with van der Waals surface area (Å²) in [6.07, 6.45) is 6.92. The molecule has 0 atom stereocenters. The Morgan fingerprint density at radius 3 is 2.76 bits per heavy atom. The first-order valence-electron chi connectivity index (χ1n) is 7.38.